The summed E-state index contributed by atoms with van der Waals surface area (Å²) in [5, 5.41) is 4.55. The molecule has 28 heavy (non-hydrogen) atoms. The van der Waals surface area contributed by atoms with E-state index in [1.165, 1.54) is 4.88 Å². The largest absolute Gasteiger partial charge is 0.379 e. The molecule has 1 aliphatic heterocycles. The number of aromatic nitrogens is 3. The highest BCUT2D eigenvalue weighted by atomic mass is 35.5. The first-order valence-corrected chi connectivity index (χ1v) is 10.6. The highest BCUT2D eigenvalue weighted by molar-refractivity contribution is 7.16. The Bertz CT molecular complexity index is 928. The Morgan fingerprint density at radius 3 is 2.68 bits per heavy atom. The quantitative estimate of drug-likeness (QED) is 0.602. The maximum Gasteiger partial charge on any atom is 0.189 e. The molecular formula is C20H22ClN5OS. The number of hydrogen-bond acceptors (Lipinski definition) is 7. The zero-order chi connectivity index (χ0) is 19.3. The molecule has 0 spiro atoms. The first-order valence-electron chi connectivity index (χ1n) is 9.37. The maximum absolute atomic E-state index is 6.13. The molecule has 1 aromatic carbocycles. The van der Waals surface area contributed by atoms with E-state index in [0.29, 0.717) is 16.8 Å². The number of benzene rings is 1. The lowest BCUT2D eigenvalue weighted by molar-refractivity contribution is 0.0347. The van der Waals surface area contributed by atoms with Crippen LogP contribution in [0.25, 0.3) is 11.3 Å². The number of morpholine rings is 1. The Morgan fingerprint density at radius 2 is 1.93 bits per heavy atom. The summed E-state index contributed by atoms with van der Waals surface area (Å²) in [5.41, 5.74) is 2.13. The Kier molecular flexibility index (Phi) is 6.17. The predicted octanol–water partition coefficient (Wildman–Crippen LogP) is 4.39. The molecule has 0 amide bonds. The van der Waals surface area contributed by atoms with Gasteiger partial charge in [0.15, 0.2) is 5.13 Å². The fourth-order valence-corrected chi connectivity index (χ4v) is 4.33. The van der Waals surface area contributed by atoms with Gasteiger partial charge in [-0.2, -0.15) is 0 Å². The second-order valence-electron chi connectivity index (χ2n) is 6.52. The number of halogens is 1. The molecule has 4 rings (SSSR count). The number of ether oxygens (including phenoxy) is 1. The lowest BCUT2D eigenvalue weighted by atomic mass is 10.1. The van der Waals surface area contributed by atoms with Crippen LogP contribution in [0.3, 0.4) is 0 Å². The van der Waals surface area contributed by atoms with Gasteiger partial charge in [-0.15, -0.1) is 0 Å². The van der Waals surface area contributed by atoms with Crippen LogP contribution in [0, 0.1) is 0 Å². The van der Waals surface area contributed by atoms with Crippen molar-refractivity contribution >= 4 is 33.9 Å². The van der Waals surface area contributed by atoms with Crippen LogP contribution in [0.2, 0.25) is 5.15 Å². The summed E-state index contributed by atoms with van der Waals surface area (Å²) in [6.45, 7) is 6.31. The molecule has 1 saturated heterocycles. The van der Waals surface area contributed by atoms with E-state index in [0.717, 1.165) is 55.7 Å². The number of nitrogens with one attached hydrogen (secondary N) is 1. The molecular weight excluding hydrogens is 394 g/mol. The molecule has 0 aliphatic carbocycles. The Hall–Kier alpha value is -2.06. The van der Waals surface area contributed by atoms with E-state index >= 15 is 0 Å². The molecule has 2 aromatic heterocycles. The van der Waals surface area contributed by atoms with Gasteiger partial charge in [-0.25, -0.2) is 15.0 Å². The second kappa shape index (κ2) is 8.96. The van der Waals surface area contributed by atoms with Crippen molar-refractivity contribution in [2.45, 2.75) is 19.9 Å². The third kappa shape index (κ3) is 4.67. The van der Waals surface area contributed by atoms with Crippen molar-refractivity contribution in [2.75, 3.05) is 31.6 Å². The van der Waals surface area contributed by atoms with Gasteiger partial charge in [0.2, 0.25) is 0 Å². The first-order chi connectivity index (χ1) is 13.7. The summed E-state index contributed by atoms with van der Waals surface area (Å²) in [4.78, 5) is 17.2. The summed E-state index contributed by atoms with van der Waals surface area (Å²) in [6, 6.07) is 12.0. The van der Waals surface area contributed by atoms with Gasteiger partial charge in [0, 0.05) is 42.6 Å². The van der Waals surface area contributed by atoms with Crippen molar-refractivity contribution in [2.24, 2.45) is 0 Å². The van der Waals surface area contributed by atoms with Crippen LogP contribution in [0.5, 0.6) is 0 Å². The van der Waals surface area contributed by atoms with Crippen molar-refractivity contribution in [1.82, 2.24) is 19.9 Å². The molecule has 3 aromatic rings. The minimum atomic E-state index is 0.433. The summed E-state index contributed by atoms with van der Waals surface area (Å²) in [7, 11) is 0. The van der Waals surface area contributed by atoms with Crippen LogP contribution in [-0.4, -0.2) is 46.2 Å². The van der Waals surface area contributed by atoms with E-state index < -0.39 is 0 Å². The van der Waals surface area contributed by atoms with Crippen LogP contribution < -0.4 is 5.32 Å². The second-order valence-corrected chi connectivity index (χ2v) is 7.99. The molecule has 0 unspecified atom stereocenters. The average molecular weight is 416 g/mol. The molecule has 3 heterocycles. The van der Waals surface area contributed by atoms with Crippen LogP contribution >= 0.6 is 22.9 Å². The Balaban J connectivity index is 1.63. The van der Waals surface area contributed by atoms with Crippen molar-refractivity contribution in [3.05, 3.63) is 52.3 Å². The summed E-state index contributed by atoms with van der Waals surface area (Å²) in [6.07, 6.45) is 0.727. The summed E-state index contributed by atoms with van der Waals surface area (Å²) in [5.74, 6) is 1.38. The monoisotopic (exact) mass is 415 g/mol. The smallest absolute Gasteiger partial charge is 0.189 e. The first kappa shape index (κ1) is 19.3. The molecule has 0 bridgehead atoms. The molecule has 0 atom stereocenters. The van der Waals surface area contributed by atoms with Gasteiger partial charge in [0.25, 0.3) is 0 Å². The van der Waals surface area contributed by atoms with Gasteiger partial charge >= 0.3 is 0 Å². The zero-order valence-corrected chi connectivity index (χ0v) is 17.3. The number of aryl methyl sites for hydroxylation is 1. The van der Waals surface area contributed by atoms with E-state index in [2.05, 4.69) is 32.3 Å². The number of thiazole rings is 1. The molecule has 146 valence electrons. The third-order valence-corrected chi connectivity index (χ3v) is 5.66. The summed E-state index contributed by atoms with van der Waals surface area (Å²) < 4.78 is 5.48. The molecule has 6 nitrogen and oxygen atoms in total. The van der Waals surface area contributed by atoms with Crippen LogP contribution in [0.1, 0.15) is 17.6 Å². The molecule has 1 aliphatic rings. The molecule has 0 radical (unpaired) electrons. The van der Waals surface area contributed by atoms with Crippen LogP contribution in [0.15, 0.2) is 36.4 Å². The minimum absolute atomic E-state index is 0.433. The number of rotatable bonds is 6. The maximum atomic E-state index is 6.13. The highest BCUT2D eigenvalue weighted by Crippen LogP contribution is 2.33. The van der Waals surface area contributed by atoms with Crippen molar-refractivity contribution in [1.29, 1.82) is 0 Å². The van der Waals surface area contributed by atoms with Crippen molar-refractivity contribution in [3.63, 3.8) is 0 Å². The highest BCUT2D eigenvalue weighted by Gasteiger charge is 2.18. The van der Waals surface area contributed by atoms with Gasteiger partial charge in [-0.3, -0.25) is 4.90 Å². The fraction of sp³-hybridized carbons (Fsp3) is 0.350. The van der Waals surface area contributed by atoms with Gasteiger partial charge in [0.1, 0.15) is 16.8 Å². The molecule has 8 heteroatoms. The average Bonchev–Trinajstić information content (AvgIpc) is 3.11. The SMILES string of the molecule is CCc1nc(Cl)cc(Nc2nc(-c3ccccc3)c(CN3CCOCC3)s2)n1. The molecule has 1 fully saturated rings. The Labute approximate surface area is 173 Å². The van der Waals surface area contributed by atoms with Gasteiger partial charge < -0.3 is 10.1 Å². The topological polar surface area (TPSA) is 63.2 Å². The minimum Gasteiger partial charge on any atom is -0.379 e. The van der Waals surface area contributed by atoms with E-state index in [-0.39, 0.29) is 0 Å². The Morgan fingerprint density at radius 1 is 1.14 bits per heavy atom. The predicted molar refractivity (Wildman–Crippen MR) is 113 cm³/mol. The number of hydrogen-bond donors (Lipinski definition) is 1. The molecule has 0 saturated carbocycles. The summed E-state index contributed by atoms with van der Waals surface area (Å²) >= 11 is 7.78. The van der Waals surface area contributed by atoms with Crippen molar-refractivity contribution < 1.29 is 4.74 Å². The van der Waals surface area contributed by atoms with Crippen LogP contribution in [0.4, 0.5) is 10.9 Å². The van der Waals surface area contributed by atoms with E-state index in [9.17, 15) is 0 Å². The van der Waals surface area contributed by atoms with Crippen molar-refractivity contribution in [3.8, 4) is 11.3 Å². The fourth-order valence-electron chi connectivity index (χ4n) is 3.09. The van der Waals surface area contributed by atoms with E-state index in [1.54, 1.807) is 17.4 Å². The van der Waals surface area contributed by atoms with Gasteiger partial charge in [-0.05, 0) is 0 Å². The third-order valence-electron chi connectivity index (χ3n) is 4.51. The van der Waals surface area contributed by atoms with Gasteiger partial charge in [0.05, 0.1) is 18.9 Å². The standard InChI is InChI=1S/C20H22ClN5OS/c1-2-17-22-16(21)12-18(23-17)24-20-25-19(14-6-4-3-5-7-14)15(28-20)13-26-8-10-27-11-9-26/h3-7,12H,2,8-11,13H2,1H3,(H,22,23,24,25). The van der Waals surface area contributed by atoms with Gasteiger partial charge in [-0.1, -0.05) is 60.2 Å². The van der Waals surface area contributed by atoms with Crippen LogP contribution in [-0.2, 0) is 17.7 Å². The van der Waals surface area contributed by atoms with E-state index in [4.69, 9.17) is 21.3 Å². The normalized spacial score (nSPS) is 14.9. The lowest BCUT2D eigenvalue weighted by Crippen LogP contribution is -2.35. The number of anilines is 2. The van der Waals surface area contributed by atoms with E-state index in [1.807, 2.05) is 25.1 Å². The lowest BCUT2D eigenvalue weighted by Gasteiger charge is -2.26. The molecule has 1 N–H and O–H groups in total. The zero-order valence-electron chi connectivity index (χ0n) is 15.7. The number of nitrogens with zero attached hydrogens (tertiary/aromatic N) is 4.